The molecule has 8 nitrogen and oxygen atoms in total. The molecule has 0 bridgehead atoms. The van der Waals surface area contributed by atoms with Crippen LogP contribution in [-0.4, -0.2) is 56.8 Å². The van der Waals surface area contributed by atoms with Crippen LogP contribution in [0.1, 0.15) is 38.7 Å². The summed E-state index contributed by atoms with van der Waals surface area (Å²) in [4.78, 5) is 26.2. The number of amides is 1. The monoisotopic (exact) mass is 407 g/mol. The molecule has 0 unspecified atom stereocenters. The summed E-state index contributed by atoms with van der Waals surface area (Å²) in [6.07, 6.45) is 2.08. The Labute approximate surface area is 165 Å². The molecule has 28 heavy (non-hydrogen) atoms. The van der Waals surface area contributed by atoms with Gasteiger partial charge in [0, 0.05) is 18.7 Å². The summed E-state index contributed by atoms with van der Waals surface area (Å²) in [7, 11) is -3.75. The van der Waals surface area contributed by atoms with Crippen molar-refractivity contribution in [2.45, 2.75) is 44.0 Å². The molecule has 0 aromatic heterocycles. The van der Waals surface area contributed by atoms with Crippen LogP contribution >= 0.6 is 0 Å². The maximum Gasteiger partial charge on any atom is 0.329 e. The van der Waals surface area contributed by atoms with E-state index >= 15 is 0 Å². The summed E-state index contributed by atoms with van der Waals surface area (Å²) >= 11 is 0. The number of likely N-dealkylation sites (tertiary alicyclic amines) is 1. The molecule has 1 atom stereocenters. The lowest BCUT2D eigenvalue weighted by molar-refractivity contribution is -0.151. The van der Waals surface area contributed by atoms with Crippen LogP contribution in [0.2, 0.25) is 0 Å². The zero-order chi connectivity index (χ0) is 20.3. The Hall–Kier alpha value is -2.42. The first kappa shape index (κ1) is 20.3. The quantitative estimate of drug-likeness (QED) is 0.713. The average molecular weight is 407 g/mol. The van der Waals surface area contributed by atoms with Gasteiger partial charge in [-0.15, -0.1) is 4.40 Å². The molecule has 1 aromatic carbocycles. The minimum absolute atomic E-state index is 0.147. The van der Waals surface area contributed by atoms with Gasteiger partial charge in [0.1, 0.15) is 10.9 Å². The van der Waals surface area contributed by atoms with Gasteiger partial charge >= 0.3 is 5.97 Å². The highest BCUT2D eigenvalue weighted by atomic mass is 32.2. The first-order chi connectivity index (χ1) is 13.3. The summed E-state index contributed by atoms with van der Waals surface area (Å²) in [5, 5.41) is 2.72. The second kappa shape index (κ2) is 8.30. The largest absolute Gasteiger partial charge is 0.454 e. The lowest BCUT2D eigenvalue weighted by Crippen LogP contribution is -2.42. The topological polar surface area (TPSA) is 105 Å². The highest BCUT2D eigenvalue weighted by Crippen LogP contribution is 2.31. The number of amidine groups is 1. The molecule has 1 N–H and O–H groups in total. The fourth-order valence-electron chi connectivity index (χ4n) is 3.35. The van der Waals surface area contributed by atoms with E-state index in [9.17, 15) is 18.0 Å². The zero-order valence-electron chi connectivity index (χ0n) is 16.1. The fourth-order valence-corrected chi connectivity index (χ4v) is 4.56. The average Bonchev–Trinajstić information content (AvgIpc) is 3.22. The van der Waals surface area contributed by atoms with Gasteiger partial charge in [-0.2, -0.15) is 8.42 Å². The van der Waals surface area contributed by atoms with E-state index in [0.29, 0.717) is 37.4 Å². The molecule has 1 fully saturated rings. The van der Waals surface area contributed by atoms with Gasteiger partial charge in [-0.1, -0.05) is 26.0 Å². The van der Waals surface area contributed by atoms with Crippen LogP contribution in [-0.2, 0) is 24.3 Å². The molecule has 2 aliphatic rings. The number of benzene rings is 1. The van der Waals surface area contributed by atoms with Crippen LogP contribution in [0.25, 0.3) is 0 Å². The number of carbonyl (C=O) groups excluding carboxylic acids is 2. The second-order valence-electron chi connectivity index (χ2n) is 7.38. The van der Waals surface area contributed by atoms with E-state index in [2.05, 4.69) is 23.6 Å². The van der Waals surface area contributed by atoms with Gasteiger partial charge in [-0.05, 0) is 37.3 Å². The van der Waals surface area contributed by atoms with Crippen LogP contribution in [0, 0.1) is 5.92 Å². The van der Waals surface area contributed by atoms with Crippen molar-refractivity contribution in [1.82, 2.24) is 10.2 Å². The lowest BCUT2D eigenvalue weighted by atomic mass is 10.1. The minimum atomic E-state index is -3.75. The fraction of sp³-hybridized carbons (Fsp3) is 0.526. The van der Waals surface area contributed by atoms with Crippen molar-refractivity contribution in [3.63, 3.8) is 0 Å². The Morgan fingerprint density at radius 2 is 2.07 bits per heavy atom. The molecular weight excluding hydrogens is 382 g/mol. The van der Waals surface area contributed by atoms with Gasteiger partial charge in [-0.25, -0.2) is 4.79 Å². The van der Waals surface area contributed by atoms with Crippen LogP contribution < -0.4 is 5.32 Å². The smallest absolute Gasteiger partial charge is 0.329 e. The van der Waals surface area contributed by atoms with Gasteiger partial charge in [0.05, 0.1) is 0 Å². The summed E-state index contributed by atoms with van der Waals surface area (Å²) in [6.45, 7) is 4.82. The number of fused-ring (bicyclic) bond motifs is 1. The van der Waals surface area contributed by atoms with Crippen molar-refractivity contribution in [3.8, 4) is 0 Å². The lowest BCUT2D eigenvalue weighted by Gasteiger charge is -2.24. The van der Waals surface area contributed by atoms with Gasteiger partial charge in [0.2, 0.25) is 0 Å². The molecule has 2 heterocycles. The predicted molar refractivity (Wildman–Crippen MR) is 103 cm³/mol. The predicted octanol–water partition coefficient (Wildman–Crippen LogP) is 1.31. The maximum absolute atomic E-state index is 12.5. The number of hydrogen-bond donors (Lipinski definition) is 1. The van der Waals surface area contributed by atoms with Gasteiger partial charge < -0.3 is 15.0 Å². The van der Waals surface area contributed by atoms with Crippen LogP contribution in [0.5, 0.6) is 0 Å². The Morgan fingerprint density at radius 3 is 2.82 bits per heavy atom. The van der Waals surface area contributed by atoms with E-state index in [1.807, 2.05) is 0 Å². The highest BCUT2D eigenvalue weighted by molar-refractivity contribution is 7.90. The number of rotatable bonds is 6. The Balaban J connectivity index is 1.64. The number of sulfonamides is 1. The van der Waals surface area contributed by atoms with E-state index in [4.69, 9.17) is 4.74 Å². The Morgan fingerprint density at radius 1 is 1.32 bits per heavy atom. The number of hydrogen-bond acceptors (Lipinski definition) is 6. The van der Waals surface area contributed by atoms with Gasteiger partial charge in [-0.3, -0.25) is 4.79 Å². The van der Waals surface area contributed by atoms with Crippen molar-refractivity contribution >= 4 is 27.7 Å². The molecule has 1 saturated heterocycles. The summed E-state index contributed by atoms with van der Waals surface area (Å²) < 4.78 is 33.6. The molecule has 152 valence electrons. The summed E-state index contributed by atoms with van der Waals surface area (Å²) in [5.74, 6) is -0.136. The molecule has 1 amide bonds. The first-order valence-corrected chi connectivity index (χ1v) is 10.9. The van der Waals surface area contributed by atoms with E-state index in [0.717, 1.165) is 6.42 Å². The number of nitrogens with zero attached hydrogens (tertiary/aromatic N) is 2. The highest BCUT2D eigenvalue weighted by Gasteiger charge is 2.40. The van der Waals surface area contributed by atoms with Gasteiger partial charge in [0.25, 0.3) is 15.9 Å². The Bertz CT molecular complexity index is 895. The van der Waals surface area contributed by atoms with Crippen molar-refractivity contribution < 1.29 is 22.7 Å². The van der Waals surface area contributed by atoms with Crippen LogP contribution in [0.3, 0.4) is 0 Å². The van der Waals surface area contributed by atoms with Crippen LogP contribution in [0.15, 0.2) is 33.6 Å². The van der Waals surface area contributed by atoms with Gasteiger partial charge in [0.15, 0.2) is 12.4 Å². The third-order valence-electron chi connectivity index (χ3n) is 4.80. The number of esters is 1. The molecule has 1 aromatic rings. The van der Waals surface area contributed by atoms with Crippen molar-refractivity contribution in [3.05, 3.63) is 29.8 Å². The molecule has 2 aliphatic heterocycles. The first-order valence-electron chi connectivity index (χ1n) is 9.44. The molecule has 9 heteroatoms. The standard InChI is InChI=1S/C19H25N3O5S/c1-13(2)9-10-20-17(23)12-27-19(24)15-7-5-11-22(15)18-14-6-3-4-8-16(14)28(25,26)21-18/h3-4,6,8,13,15H,5,7,9-12H2,1-2H3,(H,20,23)/t15-/m0/s1. The third-order valence-corrected chi connectivity index (χ3v) is 6.12. The SMILES string of the molecule is CC(C)CCNC(=O)COC(=O)[C@@H]1CCCN1C1=NS(=O)(=O)c2ccccc21. The normalized spacial score (nSPS) is 20.0. The van der Waals surface area contributed by atoms with Crippen molar-refractivity contribution in [2.24, 2.45) is 10.3 Å². The summed E-state index contributed by atoms with van der Waals surface area (Å²) in [5.41, 5.74) is 0.494. The second-order valence-corrected chi connectivity index (χ2v) is 8.95. The molecule has 0 saturated carbocycles. The van der Waals surface area contributed by atoms with Crippen molar-refractivity contribution in [1.29, 1.82) is 0 Å². The Kier molecular flexibility index (Phi) is 6.02. The third kappa shape index (κ3) is 4.35. The van der Waals surface area contributed by atoms with Crippen LogP contribution in [0.4, 0.5) is 0 Å². The molecule has 0 aliphatic carbocycles. The van der Waals surface area contributed by atoms with E-state index in [-0.39, 0.29) is 23.2 Å². The van der Waals surface area contributed by atoms with E-state index in [1.165, 1.54) is 6.07 Å². The number of ether oxygens (including phenoxy) is 1. The molecule has 3 rings (SSSR count). The number of nitrogens with one attached hydrogen (secondary N) is 1. The van der Waals surface area contributed by atoms with E-state index in [1.54, 1.807) is 23.1 Å². The number of carbonyl (C=O) groups is 2. The minimum Gasteiger partial charge on any atom is -0.454 e. The van der Waals surface area contributed by atoms with Crippen molar-refractivity contribution in [2.75, 3.05) is 19.7 Å². The zero-order valence-corrected chi connectivity index (χ0v) is 16.9. The molecule has 0 spiro atoms. The maximum atomic E-state index is 12.5. The molecular formula is C19H25N3O5S. The molecule has 0 radical (unpaired) electrons. The van der Waals surface area contributed by atoms with E-state index < -0.39 is 22.0 Å². The summed E-state index contributed by atoms with van der Waals surface area (Å²) in [6, 6.07) is 5.92.